The number of nitrogens with one attached hydrogen (secondary N) is 2. The van der Waals surface area contributed by atoms with E-state index in [1.807, 2.05) is 30.6 Å². The van der Waals surface area contributed by atoms with Crippen molar-refractivity contribution in [2.24, 2.45) is 0 Å². The van der Waals surface area contributed by atoms with E-state index in [4.69, 9.17) is 4.84 Å². The molecule has 27 heavy (non-hydrogen) atoms. The fourth-order valence-electron chi connectivity index (χ4n) is 3.35. The van der Waals surface area contributed by atoms with Crippen LogP contribution in [-0.2, 0) is 6.54 Å². The highest BCUT2D eigenvalue weighted by molar-refractivity contribution is 9.10. The molecule has 4 rings (SSSR count). The Morgan fingerprint density at radius 2 is 2.33 bits per heavy atom. The number of fused-ring (bicyclic) bond motifs is 1. The lowest BCUT2D eigenvalue weighted by Gasteiger charge is -2.18. The number of aliphatic hydroxyl groups is 1. The molecule has 3 aromatic heterocycles. The number of hydrogen-bond acceptors (Lipinski definition) is 6. The third-order valence-electron chi connectivity index (χ3n) is 4.76. The fourth-order valence-corrected chi connectivity index (χ4v) is 3.69. The summed E-state index contributed by atoms with van der Waals surface area (Å²) in [4.78, 5) is 9.85. The number of aromatic nitrogens is 4. The van der Waals surface area contributed by atoms with Crippen molar-refractivity contribution in [1.82, 2.24) is 14.6 Å². The number of rotatable bonds is 6. The Balaban J connectivity index is 1.60. The van der Waals surface area contributed by atoms with Gasteiger partial charge in [-0.05, 0) is 41.3 Å². The smallest absolute Gasteiger partial charge is 0.227 e. The molecule has 1 saturated carbocycles. The molecular formula is C18H22BrN6O2+. The Kier molecular flexibility index (Phi) is 5.13. The molecule has 142 valence electrons. The topological polar surface area (TPSA) is 87.6 Å². The van der Waals surface area contributed by atoms with Crippen LogP contribution in [0.4, 0.5) is 11.6 Å². The lowest BCUT2D eigenvalue weighted by molar-refractivity contribution is -0.885. The Labute approximate surface area is 165 Å². The van der Waals surface area contributed by atoms with Gasteiger partial charge in [0, 0.05) is 29.0 Å². The molecular weight excluding hydrogens is 412 g/mol. The predicted octanol–water partition coefficient (Wildman–Crippen LogP) is 1.78. The first kappa shape index (κ1) is 18.0. The van der Waals surface area contributed by atoms with Crippen molar-refractivity contribution in [3.05, 3.63) is 46.8 Å². The van der Waals surface area contributed by atoms with Crippen molar-refractivity contribution in [2.45, 2.75) is 38.0 Å². The van der Waals surface area contributed by atoms with Gasteiger partial charge in [-0.25, -0.2) is 4.98 Å². The van der Waals surface area contributed by atoms with E-state index in [-0.39, 0.29) is 12.1 Å². The van der Waals surface area contributed by atoms with Crippen LogP contribution in [0.25, 0.3) is 5.65 Å². The van der Waals surface area contributed by atoms with Crippen LogP contribution in [0.1, 0.15) is 24.8 Å². The van der Waals surface area contributed by atoms with Gasteiger partial charge in [-0.2, -0.15) is 9.61 Å². The minimum Gasteiger partial charge on any atom is -0.391 e. The number of pyridine rings is 1. The minimum atomic E-state index is -0.332. The van der Waals surface area contributed by atoms with Gasteiger partial charge < -0.3 is 15.7 Å². The van der Waals surface area contributed by atoms with Crippen LogP contribution < -0.4 is 20.2 Å². The van der Waals surface area contributed by atoms with Crippen molar-refractivity contribution < 1.29 is 14.7 Å². The Bertz CT molecular complexity index is 947. The Morgan fingerprint density at radius 3 is 3.11 bits per heavy atom. The van der Waals surface area contributed by atoms with E-state index in [0.717, 1.165) is 46.6 Å². The lowest BCUT2D eigenvalue weighted by Crippen LogP contribution is -2.40. The van der Waals surface area contributed by atoms with Crippen molar-refractivity contribution in [3.63, 3.8) is 0 Å². The molecule has 3 aromatic rings. The van der Waals surface area contributed by atoms with Gasteiger partial charge in [-0.1, -0.05) is 0 Å². The second kappa shape index (κ2) is 7.69. The van der Waals surface area contributed by atoms with Crippen LogP contribution in [0, 0.1) is 0 Å². The SMILES string of the molecule is CO[n+]1cccc(CNc2cc(N[C@H]3CCC[C@@H]3O)nc3c(Br)cnn23)c1. The second-order valence-electron chi connectivity index (χ2n) is 6.61. The maximum atomic E-state index is 10.1. The van der Waals surface area contributed by atoms with E-state index in [1.54, 1.807) is 22.6 Å². The number of aliphatic hydroxyl groups excluding tert-OH is 1. The minimum absolute atomic E-state index is 0.0317. The number of nitrogens with zero attached hydrogens (tertiary/aromatic N) is 4. The van der Waals surface area contributed by atoms with Gasteiger partial charge in [-0.3, -0.25) is 4.84 Å². The Hall–Kier alpha value is -2.39. The molecule has 1 aliphatic rings. The van der Waals surface area contributed by atoms with Crippen molar-refractivity contribution in [3.8, 4) is 0 Å². The fraction of sp³-hybridized carbons (Fsp3) is 0.389. The third kappa shape index (κ3) is 3.84. The van der Waals surface area contributed by atoms with Gasteiger partial charge in [0.15, 0.2) is 5.65 Å². The van der Waals surface area contributed by atoms with E-state index in [0.29, 0.717) is 6.54 Å². The molecule has 0 amide bonds. The van der Waals surface area contributed by atoms with Gasteiger partial charge in [0.2, 0.25) is 12.4 Å². The first-order valence-electron chi connectivity index (χ1n) is 8.91. The van der Waals surface area contributed by atoms with Gasteiger partial charge in [0.25, 0.3) is 0 Å². The maximum absolute atomic E-state index is 10.1. The monoisotopic (exact) mass is 433 g/mol. The first-order valence-corrected chi connectivity index (χ1v) is 9.71. The normalized spacial score (nSPS) is 19.4. The average molecular weight is 434 g/mol. The summed E-state index contributed by atoms with van der Waals surface area (Å²) < 4.78 is 4.23. The summed E-state index contributed by atoms with van der Waals surface area (Å²) in [7, 11) is 1.63. The van der Waals surface area contributed by atoms with Crippen LogP contribution in [0.3, 0.4) is 0 Å². The summed E-state index contributed by atoms with van der Waals surface area (Å²) in [5.41, 5.74) is 1.78. The summed E-state index contributed by atoms with van der Waals surface area (Å²) in [6.07, 6.45) is 7.94. The lowest BCUT2D eigenvalue weighted by atomic mass is 10.2. The molecule has 2 atom stereocenters. The van der Waals surface area contributed by atoms with E-state index < -0.39 is 0 Å². The molecule has 8 nitrogen and oxygen atoms in total. The van der Waals surface area contributed by atoms with Gasteiger partial charge >= 0.3 is 0 Å². The molecule has 0 spiro atoms. The average Bonchev–Trinajstić information content (AvgIpc) is 3.26. The molecule has 0 bridgehead atoms. The van der Waals surface area contributed by atoms with Gasteiger partial charge in [0.1, 0.15) is 18.7 Å². The van der Waals surface area contributed by atoms with E-state index in [2.05, 4.69) is 36.6 Å². The van der Waals surface area contributed by atoms with Gasteiger partial charge in [0.05, 0.1) is 22.8 Å². The Morgan fingerprint density at radius 1 is 1.44 bits per heavy atom. The summed E-state index contributed by atoms with van der Waals surface area (Å²) in [5, 5.41) is 21.3. The van der Waals surface area contributed by atoms with Crippen LogP contribution in [0.15, 0.2) is 41.3 Å². The summed E-state index contributed by atoms with van der Waals surface area (Å²) in [6.45, 7) is 0.603. The largest absolute Gasteiger partial charge is 0.391 e. The van der Waals surface area contributed by atoms with Crippen molar-refractivity contribution >= 4 is 33.2 Å². The third-order valence-corrected chi connectivity index (χ3v) is 5.32. The zero-order valence-electron chi connectivity index (χ0n) is 15.0. The summed E-state index contributed by atoms with van der Waals surface area (Å²) in [6, 6.07) is 5.91. The van der Waals surface area contributed by atoms with Crippen LogP contribution in [0.5, 0.6) is 0 Å². The molecule has 0 saturated heterocycles. The van der Waals surface area contributed by atoms with E-state index >= 15 is 0 Å². The highest BCUT2D eigenvalue weighted by Gasteiger charge is 2.25. The zero-order valence-corrected chi connectivity index (χ0v) is 16.6. The summed E-state index contributed by atoms with van der Waals surface area (Å²) >= 11 is 3.50. The molecule has 0 unspecified atom stereocenters. The number of hydrogen-bond donors (Lipinski definition) is 3. The van der Waals surface area contributed by atoms with Crippen LogP contribution >= 0.6 is 15.9 Å². The zero-order chi connectivity index (χ0) is 18.8. The second-order valence-corrected chi connectivity index (χ2v) is 7.47. The molecule has 1 aliphatic carbocycles. The summed E-state index contributed by atoms with van der Waals surface area (Å²) in [5.74, 6) is 1.53. The molecule has 0 aromatic carbocycles. The quantitative estimate of drug-likeness (QED) is 0.513. The van der Waals surface area contributed by atoms with Crippen molar-refractivity contribution in [1.29, 1.82) is 0 Å². The molecule has 0 radical (unpaired) electrons. The highest BCUT2D eigenvalue weighted by Crippen LogP contribution is 2.26. The van der Waals surface area contributed by atoms with Crippen molar-refractivity contribution in [2.75, 3.05) is 17.7 Å². The predicted molar refractivity (Wildman–Crippen MR) is 104 cm³/mol. The molecule has 0 aliphatic heterocycles. The first-order chi connectivity index (χ1) is 13.1. The van der Waals surface area contributed by atoms with Crippen LogP contribution in [0.2, 0.25) is 0 Å². The van der Waals surface area contributed by atoms with Crippen LogP contribution in [-0.4, -0.2) is 39.0 Å². The van der Waals surface area contributed by atoms with Gasteiger partial charge in [-0.15, -0.1) is 0 Å². The molecule has 1 fully saturated rings. The maximum Gasteiger partial charge on any atom is 0.227 e. The number of anilines is 2. The molecule has 9 heteroatoms. The van der Waals surface area contributed by atoms with E-state index in [1.165, 1.54) is 0 Å². The molecule has 3 N–H and O–H groups in total. The van der Waals surface area contributed by atoms with E-state index in [9.17, 15) is 5.11 Å². The number of halogens is 1. The highest BCUT2D eigenvalue weighted by atomic mass is 79.9. The molecule has 3 heterocycles. The standard InChI is InChI=1S/C18H22BrN6O2/c1-27-24-7-3-4-12(11-24)9-20-17-8-16(22-14-5-2-6-15(14)26)23-18-13(19)10-21-25(17)18/h3-4,7-8,10-11,14-15,20,26H,2,5-6,9H2,1H3,(H,22,23)/q+1/t14-,15-/m0/s1.